The summed E-state index contributed by atoms with van der Waals surface area (Å²) in [6.07, 6.45) is 1.55. The van der Waals surface area contributed by atoms with Crippen LogP contribution in [0.5, 0.6) is 0 Å². The fourth-order valence-corrected chi connectivity index (χ4v) is 6.22. The molecule has 1 fully saturated rings. The Bertz CT molecular complexity index is 1290. The average Bonchev–Trinajstić information content (AvgIpc) is 3.25. The minimum atomic E-state index is -1.41. The van der Waals surface area contributed by atoms with Gasteiger partial charge in [0, 0.05) is 22.9 Å². The normalized spacial score (nSPS) is 19.7. The topological polar surface area (TPSA) is 177 Å². The third-order valence-electron chi connectivity index (χ3n) is 4.95. The van der Waals surface area contributed by atoms with E-state index in [1.165, 1.54) is 24.3 Å². The molecule has 0 aliphatic carbocycles. The first-order valence-electron chi connectivity index (χ1n) is 9.90. The number of nitrogens with zero attached hydrogens (tertiary/aromatic N) is 4. The van der Waals surface area contributed by atoms with Gasteiger partial charge in [0.25, 0.3) is 11.8 Å². The number of carbonyl (C=O) groups excluding carboxylic acids is 3. The predicted molar refractivity (Wildman–Crippen MR) is 130 cm³/mol. The third-order valence-corrected chi connectivity index (χ3v) is 7.77. The maximum absolute atomic E-state index is 12.9. The third kappa shape index (κ3) is 4.87. The first kappa shape index (κ1) is 24.7. The Balaban J connectivity index is 1.53. The van der Waals surface area contributed by atoms with Gasteiger partial charge in [-0.1, -0.05) is 5.16 Å². The molecule has 2 amide bonds. The molecule has 0 bridgehead atoms. The molecule has 1 saturated heterocycles. The van der Waals surface area contributed by atoms with E-state index in [0.717, 1.165) is 33.6 Å². The second kappa shape index (κ2) is 10.1. The molecule has 0 radical (unpaired) electrons. The maximum Gasteiger partial charge on any atom is 0.353 e. The van der Waals surface area contributed by atoms with Gasteiger partial charge in [-0.15, -0.1) is 23.1 Å². The number of carboxylic acid groups (broad SMARTS) is 1. The van der Waals surface area contributed by atoms with E-state index >= 15 is 0 Å². The summed E-state index contributed by atoms with van der Waals surface area (Å²) >= 11 is 3.07. The molecule has 2 aromatic heterocycles. The smallest absolute Gasteiger partial charge is 0.353 e. The van der Waals surface area contributed by atoms with Crippen LogP contribution in [0, 0.1) is 6.92 Å². The number of hydrogen-bond donors (Lipinski definition) is 3. The molecule has 2 atom stereocenters. The number of rotatable bonds is 7. The van der Waals surface area contributed by atoms with Crippen molar-refractivity contribution in [1.29, 1.82) is 0 Å². The number of β-lactam (4-membered cyclic amide) rings is 1. The Hall–Kier alpha value is -3.43. The number of aryl methyl sites for hydroxylation is 1. The number of aliphatic carboxylic acids is 1. The number of amides is 2. The van der Waals surface area contributed by atoms with Gasteiger partial charge < -0.3 is 21.0 Å². The van der Waals surface area contributed by atoms with E-state index < -0.39 is 40.0 Å². The van der Waals surface area contributed by atoms with Crippen molar-refractivity contribution in [3.05, 3.63) is 46.2 Å². The maximum atomic E-state index is 12.9. The second-order valence-corrected chi connectivity index (χ2v) is 10.2. The molecule has 2 aliphatic rings. The van der Waals surface area contributed by atoms with Crippen LogP contribution in [0.2, 0.25) is 0 Å². The van der Waals surface area contributed by atoms with Gasteiger partial charge in [0.15, 0.2) is 10.8 Å². The van der Waals surface area contributed by atoms with Crippen molar-refractivity contribution in [2.24, 2.45) is 5.16 Å². The van der Waals surface area contributed by atoms with Crippen LogP contribution in [-0.4, -0.2) is 72.9 Å². The van der Waals surface area contributed by atoms with Crippen LogP contribution in [0.4, 0.5) is 5.13 Å². The lowest BCUT2D eigenvalue weighted by Crippen LogP contribution is -2.71. The van der Waals surface area contributed by atoms with Crippen LogP contribution in [0.3, 0.4) is 0 Å². The number of oxime groups is 1. The van der Waals surface area contributed by atoms with Crippen molar-refractivity contribution < 1.29 is 29.1 Å². The number of fused-ring (bicyclic) bond motifs is 1. The summed E-state index contributed by atoms with van der Waals surface area (Å²) in [5, 5.41) is 17.0. The summed E-state index contributed by atoms with van der Waals surface area (Å²) in [5.74, 6) is -2.76. The molecule has 4 N–H and O–H groups in total. The quantitative estimate of drug-likeness (QED) is 0.198. The number of thiazole rings is 1. The minimum absolute atomic E-state index is 0.00948. The Labute approximate surface area is 211 Å². The molecule has 0 saturated carbocycles. The lowest BCUT2D eigenvalue weighted by atomic mass is 10.0. The summed E-state index contributed by atoms with van der Waals surface area (Å²) in [4.78, 5) is 64.5. The van der Waals surface area contributed by atoms with Gasteiger partial charge in [-0.25, -0.2) is 14.8 Å². The lowest BCUT2D eigenvalue weighted by Gasteiger charge is -2.49. The number of nitrogens with one attached hydrogen (secondary N) is 1. The summed E-state index contributed by atoms with van der Waals surface area (Å²) in [6.45, 7) is 1.85. The van der Waals surface area contributed by atoms with Gasteiger partial charge in [-0.2, -0.15) is 0 Å². The van der Waals surface area contributed by atoms with Crippen LogP contribution in [-0.2, 0) is 24.0 Å². The molecule has 2 aromatic rings. The fourth-order valence-electron chi connectivity index (χ4n) is 3.40. The molecule has 4 heterocycles. The molecule has 2 aliphatic heterocycles. The van der Waals surface area contributed by atoms with Gasteiger partial charge >= 0.3 is 5.97 Å². The van der Waals surface area contributed by atoms with E-state index in [1.54, 1.807) is 18.3 Å². The highest BCUT2D eigenvalue weighted by Gasteiger charge is 2.55. The Morgan fingerprint density at radius 1 is 1.40 bits per heavy atom. The van der Waals surface area contributed by atoms with Crippen molar-refractivity contribution in [2.45, 2.75) is 23.4 Å². The predicted octanol–water partition coefficient (Wildman–Crippen LogP) is 0.837. The molecule has 182 valence electrons. The molecule has 0 spiro atoms. The van der Waals surface area contributed by atoms with Crippen molar-refractivity contribution in [1.82, 2.24) is 20.2 Å². The number of hydrogen-bond acceptors (Lipinski definition) is 12. The number of carboxylic acids is 1. The fraction of sp³-hybridized carbons (Fsp3) is 0.250. The second-order valence-electron chi connectivity index (χ2n) is 7.25. The van der Waals surface area contributed by atoms with E-state index in [2.05, 4.69) is 20.4 Å². The monoisotopic (exact) mass is 534 g/mol. The SMILES string of the molecule is CON=C(C(=O)N[C@@H]1C(=O)N2C(C(=O)O)=C(C(=O)Sc3cc(C)ccn3)CS[C@@H]12)c1csc(N)n1. The minimum Gasteiger partial charge on any atom is -0.477 e. The number of pyridine rings is 1. The summed E-state index contributed by atoms with van der Waals surface area (Å²) in [5.41, 5.74) is 6.10. The van der Waals surface area contributed by atoms with Gasteiger partial charge in [0.2, 0.25) is 5.12 Å². The zero-order valence-electron chi connectivity index (χ0n) is 18.3. The highest BCUT2D eigenvalue weighted by molar-refractivity contribution is 8.14. The van der Waals surface area contributed by atoms with Crippen LogP contribution < -0.4 is 11.1 Å². The Kier molecular flexibility index (Phi) is 7.09. The standard InChI is InChI=1S/C20H18N6O6S3/c1-8-3-4-22-11(5-8)35-19(31)9-6-33-17-13(16(28)26(17)14(9)18(29)30)24-15(27)12(25-32-2)10-7-34-20(21)23-10/h3-5,7,13,17H,6H2,1-2H3,(H2,21,23)(H,24,27)(H,29,30)/t13-,17+/m1/s1. The molecule has 4 rings (SSSR count). The Morgan fingerprint density at radius 3 is 2.80 bits per heavy atom. The van der Waals surface area contributed by atoms with Gasteiger partial charge in [-0.3, -0.25) is 19.3 Å². The highest BCUT2D eigenvalue weighted by Crippen LogP contribution is 2.42. The number of anilines is 1. The van der Waals surface area contributed by atoms with Crippen LogP contribution in [0.25, 0.3) is 0 Å². The van der Waals surface area contributed by atoms with E-state index in [4.69, 9.17) is 10.6 Å². The first-order chi connectivity index (χ1) is 16.7. The van der Waals surface area contributed by atoms with Gasteiger partial charge in [-0.05, 0) is 36.4 Å². The molecule has 15 heteroatoms. The molecule has 0 aromatic carbocycles. The first-order valence-corrected chi connectivity index (χ1v) is 12.6. The zero-order valence-corrected chi connectivity index (χ0v) is 20.7. The zero-order chi connectivity index (χ0) is 25.3. The number of aromatic nitrogens is 2. The summed E-state index contributed by atoms with van der Waals surface area (Å²) in [6, 6.07) is 2.46. The average molecular weight is 535 g/mol. The van der Waals surface area contributed by atoms with Crippen LogP contribution in [0.1, 0.15) is 11.3 Å². The van der Waals surface area contributed by atoms with Gasteiger partial charge in [0.05, 0.1) is 0 Å². The molecule has 0 unspecified atom stereocenters. The van der Waals surface area contributed by atoms with Crippen LogP contribution in [0.15, 0.2) is 45.2 Å². The van der Waals surface area contributed by atoms with Crippen molar-refractivity contribution >= 4 is 68.6 Å². The van der Waals surface area contributed by atoms with Gasteiger partial charge in [0.1, 0.15) is 34.9 Å². The summed E-state index contributed by atoms with van der Waals surface area (Å²) in [7, 11) is 1.25. The van der Waals surface area contributed by atoms with Crippen molar-refractivity contribution in [2.75, 3.05) is 18.6 Å². The number of thioether (sulfide) groups is 2. The Morgan fingerprint density at radius 2 is 2.17 bits per heavy atom. The lowest BCUT2D eigenvalue weighted by molar-refractivity contribution is -0.150. The van der Waals surface area contributed by atoms with E-state index in [1.807, 2.05) is 6.92 Å². The van der Waals surface area contributed by atoms with Crippen molar-refractivity contribution in [3.63, 3.8) is 0 Å². The molecular formula is C20H18N6O6S3. The van der Waals surface area contributed by atoms with Crippen molar-refractivity contribution in [3.8, 4) is 0 Å². The van der Waals surface area contributed by atoms with E-state index in [9.17, 15) is 24.3 Å². The van der Waals surface area contributed by atoms with Crippen LogP contribution >= 0.6 is 34.9 Å². The van der Waals surface area contributed by atoms with E-state index in [0.29, 0.717) is 5.03 Å². The number of nitrogens with two attached hydrogens (primary N) is 1. The number of nitrogen functional groups attached to an aromatic ring is 1. The highest BCUT2D eigenvalue weighted by atomic mass is 32.2. The molecule has 35 heavy (non-hydrogen) atoms. The largest absolute Gasteiger partial charge is 0.477 e. The number of carbonyl (C=O) groups is 4. The molecular weight excluding hydrogens is 516 g/mol. The molecule has 12 nitrogen and oxygen atoms in total. The summed E-state index contributed by atoms with van der Waals surface area (Å²) < 4.78 is 0. The van der Waals surface area contributed by atoms with E-state index in [-0.39, 0.29) is 27.9 Å².